The molecule has 0 spiro atoms. The lowest BCUT2D eigenvalue weighted by atomic mass is 10.2. The molecule has 0 aliphatic rings. The van der Waals surface area contributed by atoms with E-state index in [0.29, 0.717) is 5.69 Å². The Bertz CT molecular complexity index is 575. The lowest BCUT2D eigenvalue weighted by Gasteiger charge is -1.94. The Labute approximate surface area is 108 Å². The highest BCUT2D eigenvalue weighted by atomic mass is 32.1. The largest absolute Gasteiger partial charge is 0.466 e. The summed E-state index contributed by atoms with van der Waals surface area (Å²) in [6.45, 7) is 0. The number of rotatable bonds is 3. The Morgan fingerprint density at radius 1 is 1.39 bits per heavy atom. The number of aromatic nitrogens is 1. The fourth-order valence-corrected chi connectivity index (χ4v) is 2.10. The number of nitrogens with zero attached hydrogens (tertiary/aromatic N) is 1. The summed E-state index contributed by atoms with van der Waals surface area (Å²) in [5.74, 6) is -0.701. The van der Waals surface area contributed by atoms with Gasteiger partial charge in [0.25, 0.3) is 0 Å². The first kappa shape index (κ1) is 12.4. The van der Waals surface area contributed by atoms with Gasteiger partial charge in [-0.25, -0.2) is 14.2 Å². The maximum Gasteiger partial charge on any atom is 0.330 e. The number of hydrogen-bond donors (Lipinski definition) is 0. The van der Waals surface area contributed by atoms with Gasteiger partial charge in [0, 0.05) is 17.0 Å². The monoisotopic (exact) mass is 263 g/mol. The summed E-state index contributed by atoms with van der Waals surface area (Å²) in [5, 5.41) is 2.59. The molecule has 0 atom stereocenters. The van der Waals surface area contributed by atoms with Crippen LogP contribution in [0.15, 0.2) is 35.7 Å². The number of methoxy groups -OCH3 is 1. The minimum absolute atomic E-state index is 0.277. The van der Waals surface area contributed by atoms with Crippen molar-refractivity contribution in [1.82, 2.24) is 4.98 Å². The fourth-order valence-electron chi connectivity index (χ4n) is 1.31. The second kappa shape index (κ2) is 5.55. The Balaban J connectivity index is 2.18. The van der Waals surface area contributed by atoms with E-state index >= 15 is 0 Å². The molecule has 0 radical (unpaired) electrons. The fraction of sp³-hybridized carbons (Fsp3) is 0.0769. The molecule has 18 heavy (non-hydrogen) atoms. The van der Waals surface area contributed by atoms with Gasteiger partial charge in [-0.1, -0.05) is 0 Å². The minimum Gasteiger partial charge on any atom is -0.466 e. The van der Waals surface area contributed by atoms with E-state index in [-0.39, 0.29) is 5.82 Å². The van der Waals surface area contributed by atoms with E-state index in [4.69, 9.17) is 0 Å². The Morgan fingerprint density at radius 3 is 2.78 bits per heavy atom. The van der Waals surface area contributed by atoms with Crippen molar-refractivity contribution in [2.75, 3.05) is 7.11 Å². The molecule has 3 nitrogen and oxygen atoms in total. The lowest BCUT2D eigenvalue weighted by molar-refractivity contribution is -0.134. The minimum atomic E-state index is -0.425. The molecule has 0 amide bonds. The van der Waals surface area contributed by atoms with Crippen molar-refractivity contribution in [1.29, 1.82) is 0 Å². The van der Waals surface area contributed by atoms with Crippen LogP contribution in [-0.4, -0.2) is 18.1 Å². The smallest absolute Gasteiger partial charge is 0.330 e. The van der Waals surface area contributed by atoms with Crippen molar-refractivity contribution < 1.29 is 13.9 Å². The van der Waals surface area contributed by atoms with Crippen LogP contribution in [0.2, 0.25) is 0 Å². The average Bonchev–Trinajstić information content (AvgIpc) is 2.85. The predicted octanol–water partition coefficient (Wildman–Crippen LogP) is 3.14. The Morgan fingerprint density at radius 2 is 2.11 bits per heavy atom. The van der Waals surface area contributed by atoms with Crippen molar-refractivity contribution in [2.45, 2.75) is 0 Å². The first-order chi connectivity index (χ1) is 8.69. The zero-order valence-corrected chi connectivity index (χ0v) is 10.4. The summed E-state index contributed by atoms with van der Waals surface area (Å²) >= 11 is 1.43. The average molecular weight is 263 g/mol. The Kier molecular flexibility index (Phi) is 3.84. The zero-order valence-electron chi connectivity index (χ0n) is 9.59. The van der Waals surface area contributed by atoms with E-state index in [1.54, 1.807) is 18.2 Å². The molecule has 0 aliphatic carbocycles. The third-order valence-electron chi connectivity index (χ3n) is 2.20. The van der Waals surface area contributed by atoms with Crippen LogP contribution in [0, 0.1) is 5.82 Å². The Hall–Kier alpha value is -2.01. The van der Waals surface area contributed by atoms with Gasteiger partial charge in [0.2, 0.25) is 0 Å². The molecule has 0 unspecified atom stereocenters. The number of esters is 1. The highest BCUT2D eigenvalue weighted by Crippen LogP contribution is 2.24. The van der Waals surface area contributed by atoms with Crippen LogP contribution in [0.4, 0.5) is 4.39 Å². The standard InChI is InChI=1S/C13H10FNO2S/c1-17-12(16)7-6-11-8-18-13(15-11)9-2-4-10(14)5-3-9/h2-8H,1H3/b7-6+. The van der Waals surface area contributed by atoms with Crippen LogP contribution in [-0.2, 0) is 9.53 Å². The van der Waals surface area contributed by atoms with Crippen LogP contribution in [0.1, 0.15) is 5.69 Å². The summed E-state index contributed by atoms with van der Waals surface area (Å²) in [4.78, 5) is 15.2. The number of hydrogen-bond acceptors (Lipinski definition) is 4. The maximum atomic E-state index is 12.8. The van der Waals surface area contributed by atoms with Crippen LogP contribution in [0.3, 0.4) is 0 Å². The number of halogens is 1. The van der Waals surface area contributed by atoms with E-state index in [9.17, 15) is 9.18 Å². The number of carbonyl (C=O) groups excluding carboxylic acids is 1. The summed E-state index contributed by atoms with van der Waals surface area (Å²) in [5.41, 5.74) is 1.52. The van der Waals surface area contributed by atoms with E-state index in [0.717, 1.165) is 10.6 Å². The van der Waals surface area contributed by atoms with Crippen molar-refractivity contribution in [2.24, 2.45) is 0 Å². The van der Waals surface area contributed by atoms with Gasteiger partial charge in [-0.05, 0) is 30.3 Å². The predicted molar refractivity (Wildman–Crippen MR) is 68.6 cm³/mol. The van der Waals surface area contributed by atoms with E-state index in [2.05, 4.69) is 9.72 Å². The topological polar surface area (TPSA) is 39.2 Å². The molecule has 0 saturated carbocycles. The summed E-state index contributed by atoms with van der Waals surface area (Å²) in [6, 6.07) is 6.12. The first-order valence-corrected chi connectivity index (χ1v) is 6.04. The van der Waals surface area contributed by atoms with Gasteiger partial charge in [-0.2, -0.15) is 0 Å². The van der Waals surface area contributed by atoms with Crippen molar-refractivity contribution in [3.63, 3.8) is 0 Å². The molecule has 92 valence electrons. The molecular weight excluding hydrogens is 253 g/mol. The maximum absolute atomic E-state index is 12.8. The second-order valence-corrected chi connectivity index (χ2v) is 4.30. The van der Waals surface area contributed by atoms with Crippen LogP contribution >= 0.6 is 11.3 Å². The van der Waals surface area contributed by atoms with Gasteiger partial charge < -0.3 is 4.74 Å². The van der Waals surface area contributed by atoms with Crippen LogP contribution in [0.25, 0.3) is 16.6 Å². The molecule has 2 rings (SSSR count). The molecule has 2 aromatic rings. The van der Waals surface area contributed by atoms with Crippen molar-refractivity contribution in [3.05, 3.63) is 47.2 Å². The lowest BCUT2D eigenvalue weighted by Crippen LogP contribution is -1.93. The SMILES string of the molecule is COC(=O)/C=C/c1csc(-c2ccc(F)cc2)n1. The van der Waals surface area contributed by atoms with Crippen LogP contribution in [0.5, 0.6) is 0 Å². The number of benzene rings is 1. The quantitative estimate of drug-likeness (QED) is 0.631. The van der Waals surface area contributed by atoms with E-state index < -0.39 is 5.97 Å². The van der Waals surface area contributed by atoms with E-state index in [1.165, 1.54) is 36.7 Å². The van der Waals surface area contributed by atoms with Crippen molar-refractivity contribution >= 4 is 23.4 Å². The number of thiazole rings is 1. The highest BCUT2D eigenvalue weighted by Gasteiger charge is 2.03. The van der Waals surface area contributed by atoms with Gasteiger partial charge in [0.1, 0.15) is 10.8 Å². The normalized spacial score (nSPS) is 10.8. The summed E-state index contributed by atoms with van der Waals surface area (Å²) < 4.78 is 17.3. The number of ether oxygens (including phenoxy) is 1. The van der Waals surface area contributed by atoms with Gasteiger partial charge in [0.15, 0.2) is 0 Å². The van der Waals surface area contributed by atoms with Gasteiger partial charge in [-0.3, -0.25) is 0 Å². The molecule has 0 aliphatic heterocycles. The number of carbonyl (C=O) groups is 1. The third kappa shape index (κ3) is 3.01. The second-order valence-electron chi connectivity index (χ2n) is 3.44. The summed E-state index contributed by atoms with van der Waals surface area (Å²) in [6.07, 6.45) is 2.89. The molecule has 1 heterocycles. The molecule has 0 fully saturated rings. The molecule has 1 aromatic carbocycles. The molecule has 5 heteroatoms. The molecule has 0 N–H and O–H groups in total. The van der Waals surface area contributed by atoms with Crippen molar-refractivity contribution in [3.8, 4) is 10.6 Å². The van der Waals surface area contributed by atoms with Gasteiger partial charge >= 0.3 is 5.97 Å². The van der Waals surface area contributed by atoms with E-state index in [1.807, 2.05) is 5.38 Å². The van der Waals surface area contributed by atoms with Gasteiger partial charge in [0.05, 0.1) is 12.8 Å². The highest BCUT2D eigenvalue weighted by molar-refractivity contribution is 7.13. The molecular formula is C13H10FNO2S. The molecule has 0 bridgehead atoms. The third-order valence-corrected chi connectivity index (χ3v) is 3.11. The first-order valence-electron chi connectivity index (χ1n) is 5.16. The van der Waals surface area contributed by atoms with Crippen LogP contribution < -0.4 is 0 Å². The van der Waals surface area contributed by atoms with Gasteiger partial charge in [-0.15, -0.1) is 11.3 Å². The zero-order chi connectivity index (χ0) is 13.0. The summed E-state index contributed by atoms with van der Waals surface area (Å²) in [7, 11) is 1.32. The molecule has 0 saturated heterocycles. The molecule has 1 aromatic heterocycles.